The Morgan fingerprint density at radius 3 is 2.36 bits per heavy atom. The molecule has 0 radical (unpaired) electrons. The Morgan fingerprint density at radius 1 is 1.04 bits per heavy atom. The van der Waals surface area contributed by atoms with Crippen LogP contribution >= 0.6 is 0 Å². The van der Waals surface area contributed by atoms with Gasteiger partial charge in [0.15, 0.2) is 0 Å². The van der Waals surface area contributed by atoms with E-state index >= 15 is 0 Å². The number of benzene rings is 2. The van der Waals surface area contributed by atoms with Crippen molar-refractivity contribution in [3.63, 3.8) is 0 Å². The number of hydrogen-bond donors (Lipinski definition) is 0. The third-order valence-corrected chi connectivity index (χ3v) is 4.62. The smallest absolute Gasteiger partial charge is 0.273 e. The van der Waals surface area contributed by atoms with Gasteiger partial charge < -0.3 is 9.80 Å². The fraction of sp³-hybridized carbons (Fsp3) is 0.316. The highest BCUT2D eigenvalue weighted by molar-refractivity contribution is 5.80. The summed E-state index contributed by atoms with van der Waals surface area (Å²) in [6.07, 6.45) is 0.0710. The molecule has 0 saturated carbocycles. The van der Waals surface area contributed by atoms with E-state index in [2.05, 4.69) is 24.0 Å². The monoisotopic (exact) mass is 339 g/mol. The molecule has 1 saturated heterocycles. The average molecular weight is 339 g/mol. The van der Waals surface area contributed by atoms with Crippen molar-refractivity contribution < 1.29 is 9.72 Å². The van der Waals surface area contributed by atoms with Gasteiger partial charge in [-0.05, 0) is 18.6 Å². The van der Waals surface area contributed by atoms with Crippen molar-refractivity contribution >= 4 is 17.3 Å². The van der Waals surface area contributed by atoms with Gasteiger partial charge in [-0.25, -0.2) is 0 Å². The summed E-state index contributed by atoms with van der Waals surface area (Å²) in [5, 5.41) is 11.1. The molecule has 0 aromatic heterocycles. The van der Waals surface area contributed by atoms with Crippen molar-refractivity contribution in [1.82, 2.24) is 4.90 Å². The van der Waals surface area contributed by atoms with Crippen molar-refractivity contribution in [3.05, 3.63) is 69.8 Å². The van der Waals surface area contributed by atoms with Crippen LogP contribution in [-0.4, -0.2) is 41.9 Å². The number of hydrogen-bond acceptors (Lipinski definition) is 4. The molecule has 0 N–H and O–H groups in total. The van der Waals surface area contributed by atoms with Crippen molar-refractivity contribution in [1.29, 1.82) is 0 Å². The van der Waals surface area contributed by atoms with Crippen molar-refractivity contribution in [2.45, 2.75) is 13.3 Å². The highest BCUT2D eigenvalue weighted by atomic mass is 16.6. The first kappa shape index (κ1) is 17.0. The molecule has 1 amide bonds. The predicted octanol–water partition coefficient (Wildman–Crippen LogP) is 2.79. The molecule has 6 heteroatoms. The summed E-state index contributed by atoms with van der Waals surface area (Å²) in [5.74, 6) is -0.0567. The minimum atomic E-state index is -0.432. The molecule has 0 unspecified atom stereocenters. The molecular weight excluding hydrogens is 318 g/mol. The predicted molar refractivity (Wildman–Crippen MR) is 96.8 cm³/mol. The van der Waals surface area contributed by atoms with Crippen LogP contribution in [0.3, 0.4) is 0 Å². The van der Waals surface area contributed by atoms with Crippen LogP contribution in [-0.2, 0) is 11.2 Å². The summed E-state index contributed by atoms with van der Waals surface area (Å²) < 4.78 is 0. The molecule has 1 heterocycles. The maximum absolute atomic E-state index is 12.5. The Bertz CT molecular complexity index is 783. The van der Waals surface area contributed by atoms with Gasteiger partial charge in [-0.1, -0.05) is 36.4 Å². The van der Waals surface area contributed by atoms with Crippen molar-refractivity contribution in [3.8, 4) is 0 Å². The zero-order valence-electron chi connectivity index (χ0n) is 14.2. The molecule has 2 aromatic carbocycles. The first-order valence-corrected chi connectivity index (χ1v) is 8.37. The Balaban J connectivity index is 1.63. The summed E-state index contributed by atoms with van der Waals surface area (Å²) in [6.45, 7) is 4.89. The van der Waals surface area contributed by atoms with Crippen LogP contribution in [0.4, 0.5) is 11.4 Å². The second kappa shape index (κ2) is 7.34. The molecule has 1 aliphatic heterocycles. The summed E-state index contributed by atoms with van der Waals surface area (Å²) in [7, 11) is 0. The summed E-state index contributed by atoms with van der Waals surface area (Å²) in [6, 6.07) is 14.7. The molecule has 130 valence electrons. The van der Waals surface area contributed by atoms with Gasteiger partial charge in [-0.2, -0.15) is 0 Å². The highest BCUT2D eigenvalue weighted by Gasteiger charge is 2.24. The normalized spacial score (nSPS) is 14.4. The lowest BCUT2D eigenvalue weighted by atomic mass is 10.1. The van der Waals surface area contributed by atoms with E-state index in [0.29, 0.717) is 18.7 Å². The second-order valence-corrected chi connectivity index (χ2v) is 6.22. The Morgan fingerprint density at radius 2 is 1.68 bits per heavy atom. The number of nitrogens with zero attached hydrogens (tertiary/aromatic N) is 3. The average Bonchev–Trinajstić information content (AvgIpc) is 2.62. The zero-order chi connectivity index (χ0) is 17.8. The Kier molecular flexibility index (Phi) is 4.97. The number of para-hydroxylation sites is 2. The number of aryl methyl sites for hydroxylation is 1. The molecule has 0 atom stereocenters. The van der Waals surface area contributed by atoms with Crippen molar-refractivity contribution in [2.75, 3.05) is 31.1 Å². The van der Waals surface area contributed by atoms with Crippen LogP contribution in [0.15, 0.2) is 48.5 Å². The SMILES string of the molecule is Cc1ccccc1N1CCN(C(=O)Cc2ccccc2[N+](=O)[O-])CC1. The van der Waals surface area contributed by atoms with Crippen LogP contribution in [0.2, 0.25) is 0 Å². The van der Waals surface area contributed by atoms with E-state index < -0.39 is 4.92 Å². The lowest BCUT2D eigenvalue weighted by molar-refractivity contribution is -0.385. The number of carbonyl (C=O) groups excluding carboxylic acids is 1. The van der Waals surface area contributed by atoms with Crippen LogP contribution in [0.25, 0.3) is 0 Å². The molecule has 0 aliphatic carbocycles. The van der Waals surface area contributed by atoms with Gasteiger partial charge in [-0.15, -0.1) is 0 Å². The lowest BCUT2D eigenvalue weighted by Gasteiger charge is -2.36. The minimum Gasteiger partial charge on any atom is -0.368 e. The highest BCUT2D eigenvalue weighted by Crippen LogP contribution is 2.22. The van der Waals surface area contributed by atoms with Crippen LogP contribution in [0.5, 0.6) is 0 Å². The molecule has 25 heavy (non-hydrogen) atoms. The fourth-order valence-electron chi connectivity index (χ4n) is 3.23. The van der Waals surface area contributed by atoms with Gasteiger partial charge >= 0.3 is 0 Å². The third-order valence-electron chi connectivity index (χ3n) is 4.62. The summed E-state index contributed by atoms with van der Waals surface area (Å²) >= 11 is 0. The van der Waals surface area contributed by atoms with E-state index in [1.165, 1.54) is 17.3 Å². The minimum absolute atomic E-state index is 0.00870. The van der Waals surface area contributed by atoms with Crippen LogP contribution < -0.4 is 4.90 Å². The topological polar surface area (TPSA) is 66.7 Å². The molecule has 3 rings (SSSR count). The van der Waals surface area contributed by atoms with Gasteiger partial charge in [0.25, 0.3) is 5.69 Å². The number of anilines is 1. The van der Waals surface area contributed by atoms with E-state index in [-0.39, 0.29) is 18.0 Å². The molecule has 0 spiro atoms. The summed E-state index contributed by atoms with van der Waals surface area (Å²) in [5.41, 5.74) is 2.91. The lowest BCUT2D eigenvalue weighted by Crippen LogP contribution is -2.49. The number of piperazine rings is 1. The second-order valence-electron chi connectivity index (χ2n) is 6.22. The fourth-order valence-corrected chi connectivity index (χ4v) is 3.23. The maximum atomic E-state index is 12.5. The van der Waals surface area contributed by atoms with E-state index in [9.17, 15) is 14.9 Å². The van der Waals surface area contributed by atoms with E-state index in [1.54, 1.807) is 23.1 Å². The first-order valence-electron chi connectivity index (χ1n) is 8.37. The number of amides is 1. The largest absolute Gasteiger partial charge is 0.368 e. The zero-order valence-corrected chi connectivity index (χ0v) is 14.2. The van der Waals surface area contributed by atoms with Gasteiger partial charge in [0.2, 0.25) is 5.91 Å². The first-order chi connectivity index (χ1) is 12.1. The molecular formula is C19H21N3O3. The summed E-state index contributed by atoms with van der Waals surface area (Å²) in [4.78, 5) is 27.3. The Hall–Kier alpha value is -2.89. The van der Waals surface area contributed by atoms with Crippen molar-refractivity contribution in [2.24, 2.45) is 0 Å². The number of nitro benzene ring substituents is 1. The number of nitro groups is 1. The Labute approximate surface area is 146 Å². The van der Waals surface area contributed by atoms with Crippen LogP contribution in [0.1, 0.15) is 11.1 Å². The molecule has 0 bridgehead atoms. The standard InChI is InChI=1S/C19H21N3O3/c1-15-6-2-4-8-17(15)20-10-12-21(13-11-20)19(23)14-16-7-3-5-9-18(16)22(24)25/h2-9H,10-14H2,1H3. The van der Waals surface area contributed by atoms with Gasteiger partial charge in [-0.3, -0.25) is 14.9 Å². The molecule has 1 fully saturated rings. The molecule has 2 aromatic rings. The number of rotatable bonds is 4. The molecule has 1 aliphatic rings. The van der Waals surface area contributed by atoms with E-state index in [4.69, 9.17) is 0 Å². The van der Waals surface area contributed by atoms with Gasteiger partial charge in [0.1, 0.15) is 0 Å². The van der Waals surface area contributed by atoms with E-state index in [0.717, 1.165) is 13.1 Å². The maximum Gasteiger partial charge on any atom is 0.273 e. The van der Waals surface area contributed by atoms with Gasteiger partial charge in [0.05, 0.1) is 11.3 Å². The third kappa shape index (κ3) is 3.79. The van der Waals surface area contributed by atoms with Crippen LogP contribution in [0, 0.1) is 17.0 Å². The van der Waals surface area contributed by atoms with E-state index in [1.807, 2.05) is 12.1 Å². The molecule has 6 nitrogen and oxygen atoms in total. The van der Waals surface area contributed by atoms with Gasteiger partial charge in [0, 0.05) is 43.5 Å². The quantitative estimate of drug-likeness (QED) is 0.634. The number of carbonyl (C=O) groups is 1.